The van der Waals surface area contributed by atoms with Gasteiger partial charge in [-0.1, -0.05) is 28.1 Å². The number of Topliss-reactive ketones (excluding diaryl/α,β-unsaturated/α-hetero) is 1. The van der Waals surface area contributed by atoms with Crippen LogP contribution in [0.2, 0.25) is 0 Å². The molecular weight excluding hydrogens is 282 g/mol. The zero-order valence-electron chi connectivity index (χ0n) is 10.0. The third-order valence-electron chi connectivity index (χ3n) is 2.54. The number of hydrogen-bond donors (Lipinski definition) is 1. The van der Waals surface area contributed by atoms with Crippen LogP contribution in [-0.2, 0) is 11.3 Å². The summed E-state index contributed by atoms with van der Waals surface area (Å²) in [6, 6.07) is 8.22. The molecule has 0 aliphatic rings. The van der Waals surface area contributed by atoms with Gasteiger partial charge in [-0.3, -0.25) is 4.79 Å². The van der Waals surface area contributed by atoms with E-state index in [4.69, 9.17) is 5.11 Å². The molecule has 0 atom stereocenters. The molecule has 94 valence electrons. The molecule has 0 saturated heterocycles. The maximum absolute atomic E-state index is 10.9. The van der Waals surface area contributed by atoms with E-state index in [1.165, 1.54) is 5.56 Å². The van der Waals surface area contributed by atoms with Gasteiger partial charge in [0.25, 0.3) is 0 Å². The highest BCUT2D eigenvalue weighted by molar-refractivity contribution is 9.10. The molecule has 17 heavy (non-hydrogen) atoms. The largest absolute Gasteiger partial charge is 0.389 e. The second kappa shape index (κ2) is 7.58. The van der Waals surface area contributed by atoms with Crippen molar-refractivity contribution in [2.75, 3.05) is 20.2 Å². The molecule has 0 amide bonds. The fraction of sp³-hybridized carbons (Fsp3) is 0.462. The van der Waals surface area contributed by atoms with E-state index < -0.39 is 0 Å². The molecule has 0 aliphatic carbocycles. The van der Waals surface area contributed by atoms with Gasteiger partial charge in [0.1, 0.15) is 6.61 Å². The average Bonchev–Trinajstić information content (AvgIpc) is 2.32. The predicted molar refractivity (Wildman–Crippen MR) is 71.8 cm³/mol. The summed E-state index contributed by atoms with van der Waals surface area (Å²) in [4.78, 5) is 13.1. The van der Waals surface area contributed by atoms with Crippen molar-refractivity contribution in [2.24, 2.45) is 0 Å². The summed E-state index contributed by atoms with van der Waals surface area (Å²) in [6.07, 6.45) is 1.26. The van der Waals surface area contributed by atoms with Gasteiger partial charge in [0.05, 0.1) is 0 Å². The zero-order chi connectivity index (χ0) is 12.7. The molecular formula is C13H18BrNO2. The van der Waals surface area contributed by atoms with Crippen LogP contribution in [0.25, 0.3) is 0 Å². The first-order valence-corrected chi connectivity index (χ1v) is 6.46. The van der Waals surface area contributed by atoms with Crippen LogP contribution in [0.1, 0.15) is 18.4 Å². The van der Waals surface area contributed by atoms with Gasteiger partial charge in [0, 0.05) is 17.4 Å². The lowest BCUT2D eigenvalue weighted by Crippen LogP contribution is -2.20. The molecule has 0 spiro atoms. The Labute approximate surface area is 111 Å². The quantitative estimate of drug-likeness (QED) is 0.839. The summed E-state index contributed by atoms with van der Waals surface area (Å²) >= 11 is 3.40. The molecule has 0 unspecified atom stereocenters. The Balaban J connectivity index is 2.27. The smallest absolute Gasteiger partial charge is 0.158 e. The van der Waals surface area contributed by atoms with E-state index >= 15 is 0 Å². The molecule has 1 rings (SSSR count). The highest BCUT2D eigenvalue weighted by atomic mass is 79.9. The van der Waals surface area contributed by atoms with Crippen LogP contribution in [0.3, 0.4) is 0 Å². The van der Waals surface area contributed by atoms with Gasteiger partial charge in [0.2, 0.25) is 0 Å². The molecule has 1 aromatic carbocycles. The molecule has 0 aliphatic heterocycles. The normalized spacial score (nSPS) is 10.8. The van der Waals surface area contributed by atoms with E-state index in [1.807, 2.05) is 19.2 Å². The number of carbonyl (C=O) groups excluding carboxylic acids is 1. The first-order valence-electron chi connectivity index (χ1n) is 5.67. The summed E-state index contributed by atoms with van der Waals surface area (Å²) in [7, 11) is 2.03. The van der Waals surface area contributed by atoms with Crippen molar-refractivity contribution in [3.63, 3.8) is 0 Å². The van der Waals surface area contributed by atoms with Crippen molar-refractivity contribution in [1.29, 1.82) is 0 Å². The van der Waals surface area contributed by atoms with Crippen molar-refractivity contribution in [1.82, 2.24) is 4.90 Å². The number of aliphatic hydroxyl groups excluding tert-OH is 1. The lowest BCUT2D eigenvalue weighted by atomic mass is 10.2. The van der Waals surface area contributed by atoms with Crippen LogP contribution < -0.4 is 0 Å². The van der Waals surface area contributed by atoms with Crippen molar-refractivity contribution in [2.45, 2.75) is 19.4 Å². The van der Waals surface area contributed by atoms with Crippen LogP contribution >= 0.6 is 15.9 Å². The molecule has 1 N–H and O–H groups in total. The van der Waals surface area contributed by atoms with Crippen molar-refractivity contribution >= 4 is 21.7 Å². The minimum atomic E-state index is -0.337. The molecule has 4 heteroatoms. The average molecular weight is 300 g/mol. The van der Waals surface area contributed by atoms with Crippen molar-refractivity contribution < 1.29 is 9.90 Å². The fourth-order valence-corrected chi connectivity index (χ4v) is 1.87. The maximum atomic E-state index is 10.9. The fourth-order valence-electron chi connectivity index (χ4n) is 1.61. The predicted octanol–water partition coefficient (Wildman–Crippen LogP) is 2.22. The Hall–Kier alpha value is -0.710. The Morgan fingerprint density at radius 2 is 2.00 bits per heavy atom. The monoisotopic (exact) mass is 299 g/mol. The van der Waals surface area contributed by atoms with Gasteiger partial charge in [-0.15, -0.1) is 0 Å². The zero-order valence-corrected chi connectivity index (χ0v) is 11.6. The van der Waals surface area contributed by atoms with Gasteiger partial charge >= 0.3 is 0 Å². The van der Waals surface area contributed by atoms with Crippen LogP contribution in [0.5, 0.6) is 0 Å². The Kier molecular flexibility index (Phi) is 6.40. The number of ketones is 1. The summed E-state index contributed by atoms with van der Waals surface area (Å²) in [5.41, 5.74) is 1.25. The Bertz CT molecular complexity index is 351. The molecule has 0 bridgehead atoms. The number of benzene rings is 1. The summed E-state index contributed by atoms with van der Waals surface area (Å²) in [5.74, 6) is -0.0814. The number of halogens is 1. The van der Waals surface area contributed by atoms with E-state index in [1.54, 1.807) is 0 Å². The number of aliphatic hydroxyl groups is 1. The molecule has 1 aromatic rings. The van der Waals surface area contributed by atoms with E-state index in [0.29, 0.717) is 6.42 Å². The standard InChI is InChI=1S/C13H18BrNO2/c1-15(8-2-3-13(17)10-16)9-11-4-6-12(14)7-5-11/h4-7,16H,2-3,8-10H2,1H3. The lowest BCUT2D eigenvalue weighted by molar-refractivity contribution is -0.121. The highest BCUT2D eigenvalue weighted by Gasteiger charge is 2.03. The minimum absolute atomic E-state index is 0.0814. The molecule has 3 nitrogen and oxygen atoms in total. The number of rotatable bonds is 7. The first-order chi connectivity index (χ1) is 8.11. The molecule has 0 aromatic heterocycles. The molecule has 0 radical (unpaired) electrons. The van der Waals surface area contributed by atoms with Crippen molar-refractivity contribution in [3.05, 3.63) is 34.3 Å². The maximum Gasteiger partial charge on any atom is 0.158 e. The van der Waals surface area contributed by atoms with Gasteiger partial charge in [-0.2, -0.15) is 0 Å². The topological polar surface area (TPSA) is 40.5 Å². The van der Waals surface area contributed by atoms with E-state index in [2.05, 4.69) is 33.0 Å². The molecule has 0 heterocycles. The van der Waals surface area contributed by atoms with E-state index in [9.17, 15) is 4.79 Å². The van der Waals surface area contributed by atoms with Gasteiger partial charge < -0.3 is 10.0 Å². The first kappa shape index (κ1) is 14.4. The third kappa shape index (κ3) is 5.96. The summed E-state index contributed by atoms with van der Waals surface area (Å²) in [5, 5.41) is 8.59. The van der Waals surface area contributed by atoms with Gasteiger partial charge in [0.15, 0.2) is 5.78 Å². The van der Waals surface area contributed by atoms with Crippen LogP contribution in [-0.4, -0.2) is 36.0 Å². The Morgan fingerprint density at radius 1 is 1.35 bits per heavy atom. The molecule has 0 saturated carbocycles. The van der Waals surface area contributed by atoms with Gasteiger partial charge in [-0.25, -0.2) is 0 Å². The minimum Gasteiger partial charge on any atom is -0.389 e. The second-order valence-corrected chi connectivity index (χ2v) is 5.08. The summed E-state index contributed by atoms with van der Waals surface area (Å²) < 4.78 is 1.08. The second-order valence-electron chi connectivity index (χ2n) is 4.16. The number of carbonyl (C=O) groups is 1. The molecule has 0 fully saturated rings. The van der Waals surface area contributed by atoms with Crippen LogP contribution in [0, 0.1) is 0 Å². The summed E-state index contributed by atoms with van der Waals surface area (Å²) in [6.45, 7) is 1.40. The van der Waals surface area contributed by atoms with E-state index in [-0.39, 0.29) is 12.4 Å². The highest BCUT2D eigenvalue weighted by Crippen LogP contribution is 2.11. The van der Waals surface area contributed by atoms with Crippen molar-refractivity contribution in [3.8, 4) is 0 Å². The lowest BCUT2D eigenvalue weighted by Gasteiger charge is -2.16. The SMILES string of the molecule is CN(CCCC(=O)CO)Cc1ccc(Br)cc1. The van der Waals surface area contributed by atoms with E-state index in [0.717, 1.165) is 24.0 Å². The van der Waals surface area contributed by atoms with Gasteiger partial charge in [-0.05, 0) is 37.7 Å². The Morgan fingerprint density at radius 3 is 2.59 bits per heavy atom. The van der Waals surface area contributed by atoms with Crippen LogP contribution in [0.4, 0.5) is 0 Å². The third-order valence-corrected chi connectivity index (χ3v) is 3.07. The number of hydrogen-bond acceptors (Lipinski definition) is 3. The van der Waals surface area contributed by atoms with Crippen LogP contribution in [0.15, 0.2) is 28.7 Å². The number of nitrogens with zero attached hydrogens (tertiary/aromatic N) is 1.